The lowest BCUT2D eigenvalue weighted by molar-refractivity contribution is -0.123. The van der Waals surface area contributed by atoms with Crippen LogP contribution in [0.25, 0.3) is 0 Å². The molecule has 7 nitrogen and oxygen atoms in total. The normalized spacial score (nSPS) is 17.4. The highest BCUT2D eigenvalue weighted by atomic mass is 16.1. The Morgan fingerprint density at radius 1 is 1.33 bits per heavy atom. The zero-order valence-corrected chi connectivity index (χ0v) is 16.5. The summed E-state index contributed by atoms with van der Waals surface area (Å²) in [6, 6.07) is 10.3. The highest BCUT2D eigenvalue weighted by Crippen LogP contribution is 2.23. The summed E-state index contributed by atoms with van der Waals surface area (Å²) in [5, 5.41) is 18.9. The van der Waals surface area contributed by atoms with Crippen LogP contribution in [0.5, 0.6) is 0 Å². The number of carbonyl (C=O) groups is 1. The number of hydrogen-bond acceptors (Lipinski definition) is 4. The molecule has 0 aliphatic carbocycles. The number of carbonyl (C=O) groups excluding carboxylic acids is 1. The van der Waals surface area contributed by atoms with Gasteiger partial charge >= 0.3 is 0 Å². The molecule has 0 aromatic heterocycles. The van der Waals surface area contributed by atoms with Crippen LogP contribution in [0, 0.1) is 17.2 Å². The van der Waals surface area contributed by atoms with Crippen molar-refractivity contribution in [1.29, 1.82) is 5.26 Å². The standard InChI is InChI=1S/C20H30N6O/c1-15(2)19(27)23-10-11-24-20(22-3)25-17-8-6-12-26(14-17)18-9-5-4-7-16(18)13-21/h4-5,7,9,15,17H,6,8,10-12,14H2,1-3H3,(H,23,27)(H2,22,24,25). The minimum Gasteiger partial charge on any atom is -0.368 e. The molecule has 1 aromatic rings. The van der Waals surface area contributed by atoms with Gasteiger partial charge in [0.15, 0.2) is 5.96 Å². The third-order valence-electron chi connectivity index (χ3n) is 4.59. The first-order valence-electron chi connectivity index (χ1n) is 9.54. The molecule has 1 aliphatic heterocycles. The van der Waals surface area contributed by atoms with Gasteiger partial charge in [0.05, 0.1) is 11.3 Å². The molecule has 2 rings (SSSR count). The quantitative estimate of drug-likeness (QED) is 0.401. The molecule has 1 saturated heterocycles. The predicted octanol–water partition coefficient (Wildman–Crippen LogP) is 1.46. The minimum absolute atomic E-state index is 0.00746. The predicted molar refractivity (Wildman–Crippen MR) is 109 cm³/mol. The Labute approximate surface area is 161 Å². The lowest BCUT2D eigenvalue weighted by Crippen LogP contribution is -2.52. The van der Waals surface area contributed by atoms with Crippen LogP contribution < -0.4 is 20.9 Å². The summed E-state index contributed by atoms with van der Waals surface area (Å²) in [7, 11) is 1.74. The molecule has 1 unspecified atom stereocenters. The number of aliphatic imine (C=N–C) groups is 1. The van der Waals surface area contributed by atoms with Crippen molar-refractivity contribution >= 4 is 17.6 Å². The fourth-order valence-corrected chi connectivity index (χ4v) is 3.12. The molecule has 0 spiro atoms. The summed E-state index contributed by atoms with van der Waals surface area (Å²) in [5.41, 5.74) is 1.70. The second-order valence-electron chi connectivity index (χ2n) is 7.00. The number of amides is 1. The van der Waals surface area contributed by atoms with Gasteiger partial charge in [0.1, 0.15) is 6.07 Å². The molecule has 3 N–H and O–H groups in total. The lowest BCUT2D eigenvalue weighted by Gasteiger charge is -2.35. The molecule has 0 bridgehead atoms. The van der Waals surface area contributed by atoms with Gasteiger partial charge in [-0.15, -0.1) is 0 Å². The summed E-state index contributed by atoms with van der Waals surface area (Å²) >= 11 is 0. The van der Waals surface area contributed by atoms with Crippen molar-refractivity contribution in [2.75, 3.05) is 38.1 Å². The third-order valence-corrected chi connectivity index (χ3v) is 4.59. The van der Waals surface area contributed by atoms with Crippen LogP contribution in [-0.4, -0.2) is 51.1 Å². The summed E-state index contributed by atoms with van der Waals surface area (Å²) in [5.74, 6) is 0.778. The van der Waals surface area contributed by atoms with E-state index in [1.165, 1.54) is 0 Å². The maximum absolute atomic E-state index is 11.6. The first-order valence-corrected chi connectivity index (χ1v) is 9.54. The average Bonchev–Trinajstić information content (AvgIpc) is 2.70. The van der Waals surface area contributed by atoms with Gasteiger partial charge in [-0.3, -0.25) is 9.79 Å². The molecule has 27 heavy (non-hydrogen) atoms. The lowest BCUT2D eigenvalue weighted by atomic mass is 10.0. The van der Waals surface area contributed by atoms with E-state index in [-0.39, 0.29) is 17.9 Å². The highest BCUT2D eigenvalue weighted by molar-refractivity contribution is 5.80. The highest BCUT2D eigenvalue weighted by Gasteiger charge is 2.22. The molecule has 7 heteroatoms. The fraction of sp³-hybridized carbons (Fsp3) is 0.550. The van der Waals surface area contributed by atoms with Gasteiger partial charge in [-0.2, -0.15) is 5.26 Å². The van der Waals surface area contributed by atoms with Gasteiger partial charge in [-0.05, 0) is 25.0 Å². The molecule has 1 fully saturated rings. The number of guanidine groups is 1. The summed E-state index contributed by atoms with van der Waals surface area (Å²) in [6.07, 6.45) is 2.11. The molecular formula is C20H30N6O. The molecule has 0 saturated carbocycles. The van der Waals surface area contributed by atoms with E-state index in [1.54, 1.807) is 7.05 Å². The Morgan fingerprint density at radius 3 is 2.78 bits per heavy atom. The van der Waals surface area contributed by atoms with E-state index in [2.05, 4.69) is 31.9 Å². The number of nitrogens with zero attached hydrogens (tertiary/aromatic N) is 3. The molecule has 1 aliphatic rings. The molecule has 1 amide bonds. The van der Waals surface area contributed by atoms with Crippen LogP contribution in [0.4, 0.5) is 5.69 Å². The molecule has 0 radical (unpaired) electrons. The SMILES string of the molecule is CN=C(NCCNC(=O)C(C)C)NC1CCCN(c2ccccc2C#N)C1. The number of rotatable bonds is 6. The zero-order chi connectivity index (χ0) is 19.6. The van der Waals surface area contributed by atoms with Crippen LogP contribution >= 0.6 is 0 Å². The van der Waals surface area contributed by atoms with Gasteiger partial charge in [0, 0.05) is 45.2 Å². The van der Waals surface area contributed by atoms with Crippen molar-refractivity contribution in [3.05, 3.63) is 29.8 Å². The minimum atomic E-state index is -0.00746. The molecule has 1 aromatic carbocycles. The first kappa shape index (κ1) is 20.6. The van der Waals surface area contributed by atoms with Crippen LogP contribution in [-0.2, 0) is 4.79 Å². The van der Waals surface area contributed by atoms with Crippen molar-refractivity contribution in [1.82, 2.24) is 16.0 Å². The van der Waals surface area contributed by atoms with E-state index in [0.717, 1.165) is 37.6 Å². The van der Waals surface area contributed by atoms with Gasteiger partial charge in [0.25, 0.3) is 0 Å². The second kappa shape index (κ2) is 10.4. The Bertz CT molecular complexity index is 694. The second-order valence-corrected chi connectivity index (χ2v) is 7.00. The van der Waals surface area contributed by atoms with Crippen LogP contribution in [0.15, 0.2) is 29.3 Å². The van der Waals surface area contributed by atoms with Crippen LogP contribution in [0.3, 0.4) is 0 Å². The topological polar surface area (TPSA) is 92.5 Å². The van der Waals surface area contributed by atoms with Crippen molar-refractivity contribution in [3.8, 4) is 6.07 Å². The van der Waals surface area contributed by atoms with Gasteiger partial charge < -0.3 is 20.9 Å². The number of nitrogens with one attached hydrogen (secondary N) is 3. The molecule has 146 valence electrons. The Hall–Kier alpha value is -2.75. The Balaban J connectivity index is 1.85. The van der Waals surface area contributed by atoms with Crippen molar-refractivity contribution in [2.45, 2.75) is 32.7 Å². The zero-order valence-electron chi connectivity index (χ0n) is 16.5. The summed E-state index contributed by atoms with van der Waals surface area (Å²) in [4.78, 5) is 18.1. The van der Waals surface area contributed by atoms with Crippen molar-refractivity contribution in [3.63, 3.8) is 0 Å². The van der Waals surface area contributed by atoms with Crippen LogP contribution in [0.1, 0.15) is 32.3 Å². The fourth-order valence-electron chi connectivity index (χ4n) is 3.12. The van der Waals surface area contributed by atoms with E-state index in [4.69, 9.17) is 0 Å². The van der Waals surface area contributed by atoms with Crippen molar-refractivity contribution in [2.24, 2.45) is 10.9 Å². The number of nitriles is 1. The Kier molecular flexibility index (Phi) is 7.93. The van der Waals surface area contributed by atoms with E-state index < -0.39 is 0 Å². The smallest absolute Gasteiger partial charge is 0.222 e. The first-order chi connectivity index (χ1) is 13.0. The Morgan fingerprint density at radius 2 is 2.07 bits per heavy atom. The number of piperidine rings is 1. The van der Waals surface area contributed by atoms with Gasteiger partial charge in [-0.1, -0.05) is 26.0 Å². The molecule has 1 heterocycles. The van der Waals surface area contributed by atoms with Crippen molar-refractivity contribution < 1.29 is 4.79 Å². The van der Waals surface area contributed by atoms with Gasteiger partial charge in [0.2, 0.25) is 5.91 Å². The summed E-state index contributed by atoms with van der Waals surface area (Å²) in [6.45, 7) is 6.70. The van der Waals surface area contributed by atoms with Crippen LogP contribution in [0.2, 0.25) is 0 Å². The van der Waals surface area contributed by atoms with E-state index in [0.29, 0.717) is 18.7 Å². The van der Waals surface area contributed by atoms with Gasteiger partial charge in [-0.25, -0.2) is 0 Å². The number of anilines is 1. The number of benzene rings is 1. The number of para-hydroxylation sites is 1. The molecule has 1 atom stereocenters. The monoisotopic (exact) mass is 370 g/mol. The number of hydrogen-bond donors (Lipinski definition) is 3. The van der Waals surface area contributed by atoms with E-state index >= 15 is 0 Å². The maximum atomic E-state index is 11.6. The largest absolute Gasteiger partial charge is 0.368 e. The summed E-state index contributed by atoms with van der Waals surface area (Å²) < 4.78 is 0. The average molecular weight is 371 g/mol. The third kappa shape index (κ3) is 6.17. The van der Waals surface area contributed by atoms with E-state index in [1.807, 2.05) is 38.1 Å². The maximum Gasteiger partial charge on any atom is 0.222 e. The van der Waals surface area contributed by atoms with E-state index in [9.17, 15) is 10.1 Å². The molecular weight excluding hydrogens is 340 g/mol.